The SMILES string of the molecule is Oc1oc(-c2ccccc2F)nc1C=Nc1cccc(F)c1. The zero-order valence-corrected chi connectivity index (χ0v) is 11.2. The summed E-state index contributed by atoms with van der Waals surface area (Å²) in [5.74, 6) is -1.49. The van der Waals surface area contributed by atoms with Gasteiger partial charge in [-0.2, -0.15) is 0 Å². The van der Waals surface area contributed by atoms with Crippen LogP contribution in [0.3, 0.4) is 0 Å². The molecule has 3 aromatic rings. The largest absolute Gasteiger partial charge is 0.479 e. The van der Waals surface area contributed by atoms with E-state index >= 15 is 0 Å². The summed E-state index contributed by atoms with van der Waals surface area (Å²) in [7, 11) is 0. The summed E-state index contributed by atoms with van der Waals surface area (Å²) in [6.45, 7) is 0. The molecule has 0 saturated heterocycles. The topological polar surface area (TPSA) is 58.6 Å². The van der Waals surface area contributed by atoms with E-state index in [0.717, 1.165) is 0 Å². The Kier molecular flexibility index (Phi) is 3.65. The van der Waals surface area contributed by atoms with Gasteiger partial charge in [0.2, 0.25) is 5.89 Å². The Balaban J connectivity index is 1.92. The molecule has 3 rings (SSSR count). The van der Waals surface area contributed by atoms with Crippen molar-refractivity contribution >= 4 is 11.9 Å². The standard InChI is InChI=1S/C16H10F2N2O2/c17-10-4-3-5-11(8-10)19-9-14-16(21)22-15(20-14)12-6-1-2-7-13(12)18/h1-9,21H. The number of hydrogen-bond donors (Lipinski definition) is 1. The van der Waals surface area contributed by atoms with E-state index < -0.39 is 17.6 Å². The van der Waals surface area contributed by atoms with Crippen LogP contribution in [0.25, 0.3) is 11.5 Å². The number of aliphatic imine (C=N–C) groups is 1. The summed E-state index contributed by atoms with van der Waals surface area (Å²) >= 11 is 0. The molecule has 0 saturated carbocycles. The number of benzene rings is 2. The van der Waals surface area contributed by atoms with E-state index in [1.807, 2.05) is 0 Å². The van der Waals surface area contributed by atoms with Gasteiger partial charge in [0.25, 0.3) is 0 Å². The summed E-state index contributed by atoms with van der Waals surface area (Å²) in [5.41, 5.74) is 0.514. The zero-order valence-electron chi connectivity index (χ0n) is 11.2. The third kappa shape index (κ3) is 2.85. The second-order valence-corrected chi connectivity index (χ2v) is 4.43. The molecular formula is C16H10F2N2O2. The summed E-state index contributed by atoms with van der Waals surface area (Å²) in [5, 5.41) is 9.70. The fraction of sp³-hybridized carbons (Fsp3) is 0. The molecule has 1 heterocycles. The Hall–Kier alpha value is -3.02. The first-order chi connectivity index (χ1) is 10.6. The van der Waals surface area contributed by atoms with Crippen molar-refractivity contribution < 1.29 is 18.3 Å². The van der Waals surface area contributed by atoms with E-state index in [9.17, 15) is 13.9 Å². The summed E-state index contributed by atoms with van der Waals surface area (Å²) in [4.78, 5) is 7.96. The van der Waals surface area contributed by atoms with Crippen LogP contribution < -0.4 is 0 Å². The minimum Gasteiger partial charge on any atom is -0.479 e. The number of aromatic hydroxyl groups is 1. The van der Waals surface area contributed by atoms with Crippen LogP contribution in [-0.2, 0) is 0 Å². The summed E-state index contributed by atoms with van der Waals surface area (Å²) in [6.07, 6.45) is 1.22. The van der Waals surface area contributed by atoms with E-state index in [1.54, 1.807) is 12.1 Å². The molecule has 0 aliphatic heterocycles. The molecule has 0 amide bonds. The van der Waals surface area contributed by atoms with Crippen LogP contribution in [0.15, 0.2) is 57.9 Å². The zero-order chi connectivity index (χ0) is 15.5. The number of halogens is 2. The normalized spacial score (nSPS) is 11.2. The highest BCUT2D eigenvalue weighted by atomic mass is 19.1. The van der Waals surface area contributed by atoms with Crippen molar-refractivity contribution in [3.63, 3.8) is 0 Å². The number of nitrogens with zero attached hydrogens (tertiary/aromatic N) is 2. The van der Waals surface area contributed by atoms with Gasteiger partial charge < -0.3 is 9.52 Å². The third-order valence-electron chi connectivity index (χ3n) is 2.88. The first-order valence-corrected chi connectivity index (χ1v) is 6.38. The third-order valence-corrected chi connectivity index (χ3v) is 2.88. The maximum Gasteiger partial charge on any atom is 0.312 e. The van der Waals surface area contributed by atoms with Gasteiger partial charge in [-0.15, -0.1) is 0 Å². The Morgan fingerprint density at radius 3 is 2.68 bits per heavy atom. The minimum absolute atomic E-state index is 0.0301. The van der Waals surface area contributed by atoms with Gasteiger partial charge in [-0.1, -0.05) is 18.2 Å². The van der Waals surface area contributed by atoms with Crippen LogP contribution in [0.1, 0.15) is 5.69 Å². The number of aromatic nitrogens is 1. The first kappa shape index (κ1) is 13.9. The maximum absolute atomic E-state index is 13.7. The van der Waals surface area contributed by atoms with E-state index in [4.69, 9.17) is 4.42 Å². The van der Waals surface area contributed by atoms with Gasteiger partial charge >= 0.3 is 5.95 Å². The van der Waals surface area contributed by atoms with Crippen LogP contribution >= 0.6 is 0 Å². The Morgan fingerprint density at radius 1 is 1.09 bits per heavy atom. The predicted molar refractivity (Wildman–Crippen MR) is 77.2 cm³/mol. The molecule has 1 N–H and O–H groups in total. The fourth-order valence-corrected chi connectivity index (χ4v) is 1.85. The molecule has 0 bridgehead atoms. The lowest BCUT2D eigenvalue weighted by molar-refractivity contribution is 0.336. The number of hydrogen-bond acceptors (Lipinski definition) is 4. The average molecular weight is 300 g/mol. The van der Waals surface area contributed by atoms with Gasteiger partial charge in [0.1, 0.15) is 11.6 Å². The van der Waals surface area contributed by atoms with Crippen molar-refractivity contribution in [2.75, 3.05) is 0 Å². The lowest BCUT2D eigenvalue weighted by atomic mass is 10.2. The summed E-state index contributed by atoms with van der Waals surface area (Å²) in [6, 6.07) is 11.5. The lowest BCUT2D eigenvalue weighted by Gasteiger charge is -1.95. The van der Waals surface area contributed by atoms with Gasteiger partial charge in [-0.3, -0.25) is 4.99 Å². The molecule has 4 nitrogen and oxygen atoms in total. The maximum atomic E-state index is 13.7. The highest BCUT2D eigenvalue weighted by molar-refractivity contribution is 5.82. The predicted octanol–water partition coefficient (Wildman–Crippen LogP) is 4.08. The Morgan fingerprint density at radius 2 is 1.91 bits per heavy atom. The van der Waals surface area contributed by atoms with E-state index in [-0.39, 0.29) is 17.1 Å². The van der Waals surface area contributed by atoms with Crippen molar-refractivity contribution in [2.24, 2.45) is 4.99 Å². The van der Waals surface area contributed by atoms with Crippen molar-refractivity contribution in [1.82, 2.24) is 4.98 Å². The minimum atomic E-state index is -0.516. The van der Waals surface area contributed by atoms with Crippen molar-refractivity contribution in [2.45, 2.75) is 0 Å². The molecule has 0 spiro atoms. The molecule has 0 fully saturated rings. The van der Waals surface area contributed by atoms with Crippen LogP contribution in [-0.4, -0.2) is 16.3 Å². The van der Waals surface area contributed by atoms with E-state index in [2.05, 4.69) is 9.98 Å². The molecule has 0 aliphatic rings. The van der Waals surface area contributed by atoms with E-state index in [0.29, 0.717) is 5.69 Å². The van der Waals surface area contributed by atoms with Gasteiger partial charge in [-0.05, 0) is 30.3 Å². The highest BCUT2D eigenvalue weighted by Crippen LogP contribution is 2.27. The van der Waals surface area contributed by atoms with Gasteiger partial charge in [-0.25, -0.2) is 13.8 Å². The van der Waals surface area contributed by atoms with Gasteiger partial charge in [0, 0.05) is 0 Å². The van der Waals surface area contributed by atoms with Crippen LogP contribution in [0.2, 0.25) is 0 Å². The number of oxazole rings is 1. The molecule has 0 radical (unpaired) electrons. The molecule has 0 atom stereocenters. The van der Waals surface area contributed by atoms with Gasteiger partial charge in [0.15, 0.2) is 5.69 Å². The molecule has 6 heteroatoms. The van der Waals surface area contributed by atoms with Crippen molar-refractivity contribution in [3.8, 4) is 17.4 Å². The van der Waals surface area contributed by atoms with E-state index in [1.165, 1.54) is 42.6 Å². The second kappa shape index (κ2) is 5.77. The molecule has 1 aromatic heterocycles. The molecule has 2 aromatic carbocycles. The lowest BCUT2D eigenvalue weighted by Crippen LogP contribution is -1.85. The smallest absolute Gasteiger partial charge is 0.312 e. The molecule has 0 unspecified atom stereocenters. The highest BCUT2D eigenvalue weighted by Gasteiger charge is 2.15. The van der Waals surface area contributed by atoms with Crippen molar-refractivity contribution in [3.05, 3.63) is 65.9 Å². The molecule has 0 aliphatic carbocycles. The van der Waals surface area contributed by atoms with Crippen molar-refractivity contribution in [1.29, 1.82) is 0 Å². The van der Waals surface area contributed by atoms with Gasteiger partial charge in [0.05, 0.1) is 17.5 Å². The first-order valence-electron chi connectivity index (χ1n) is 6.38. The molecule has 110 valence electrons. The fourth-order valence-electron chi connectivity index (χ4n) is 1.85. The Labute approximate surface area is 124 Å². The molecular weight excluding hydrogens is 290 g/mol. The quantitative estimate of drug-likeness (QED) is 0.742. The second-order valence-electron chi connectivity index (χ2n) is 4.43. The van der Waals surface area contributed by atoms with Crippen LogP contribution in [0.5, 0.6) is 5.95 Å². The van der Waals surface area contributed by atoms with Crippen LogP contribution in [0, 0.1) is 11.6 Å². The average Bonchev–Trinajstić information content (AvgIpc) is 2.87. The number of rotatable bonds is 3. The van der Waals surface area contributed by atoms with Crippen LogP contribution in [0.4, 0.5) is 14.5 Å². The monoisotopic (exact) mass is 300 g/mol. The Bertz CT molecular complexity index is 844. The molecule has 22 heavy (non-hydrogen) atoms. The summed E-state index contributed by atoms with van der Waals surface area (Å²) < 4.78 is 31.7.